The number of nitrogens with two attached hydrogens (primary N) is 1. The summed E-state index contributed by atoms with van der Waals surface area (Å²) in [6.45, 7) is 0. The molecule has 1 aliphatic heterocycles. The van der Waals surface area contributed by atoms with Gasteiger partial charge in [0, 0.05) is 13.2 Å². The van der Waals surface area contributed by atoms with Crippen molar-refractivity contribution in [3.05, 3.63) is 12.3 Å². The fraction of sp³-hybridized carbons (Fsp3) is 0.333. The molecule has 0 bridgehead atoms. The molecule has 0 aliphatic carbocycles. The van der Waals surface area contributed by atoms with Crippen molar-refractivity contribution in [2.45, 2.75) is 12.5 Å². The van der Waals surface area contributed by atoms with Gasteiger partial charge >= 0.3 is 0 Å². The van der Waals surface area contributed by atoms with Crippen LogP contribution in [0.15, 0.2) is 12.3 Å². The van der Waals surface area contributed by atoms with E-state index in [0.717, 1.165) is 4.90 Å². The summed E-state index contributed by atoms with van der Waals surface area (Å²) in [5.41, 5.74) is 5.40. The van der Waals surface area contributed by atoms with E-state index in [1.165, 1.54) is 13.2 Å². The van der Waals surface area contributed by atoms with Crippen LogP contribution >= 0.6 is 0 Å². The Kier molecular flexibility index (Phi) is 2.43. The van der Waals surface area contributed by atoms with Crippen molar-refractivity contribution in [3.63, 3.8) is 0 Å². The van der Waals surface area contributed by atoms with Crippen molar-refractivity contribution in [2.24, 2.45) is 0 Å². The number of anilines is 2. The molecule has 3 N–H and O–H groups in total. The lowest BCUT2D eigenvalue weighted by molar-refractivity contribution is -0.136. The Balaban J connectivity index is 2.12. The smallest absolute Gasteiger partial charge is 0.251 e. The van der Waals surface area contributed by atoms with Crippen molar-refractivity contribution >= 4 is 23.6 Å². The molecule has 1 saturated heterocycles. The van der Waals surface area contributed by atoms with Crippen LogP contribution in [0.5, 0.6) is 0 Å². The van der Waals surface area contributed by atoms with Gasteiger partial charge in [-0.2, -0.15) is 4.98 Å². The van der Waals surface area contributed by atoms with Crippen molar-refractivity contribution in [2.75, 3.05) is 18.1 Å². The number of rotatable bonds is 2. The van der Waals surface area contributed by atoms with E-state index < -0.39 is 6.04 Å². The molecule has 1 fully saturated rings. The molecule has 1 aromatic heterocycles. The number of likely N-dealkylation sites (tertiary alicyclic amines) is 1. The topological polar surface area (TPSA) is 101 Å². The molecule has 0 saturated carbocycles. The molecule has 1 atom stereocenters. The van der Waals surface area contributed by atoms with Crippen LogP contribution in [0.2, 0.25) is 0 Å². The molecular weight excluding hydrogens is 210 g/mol. The van der Waals surface area contributed by atoms with Gasteiger partial charge in [-0.25, -0.2) is 4.98 Å². The lowest BCUT2D eigenvalue weighted by Gasteiger charge is -2.11. The Morgan fingerprint density at radius 1 is 1.56 bits per heavy atom. The van der Waals surface area contributed by atoms with E-state index in [1.807, 2.05) is 0 Å². The number of imide groups is 1. The van der Waals surface area contributed by atoms with Crippen LogP contribution in [0.1, 0.15) is 6.42 Å². The summed E-state index contributed by atoms with van der Waals surface area (Å²) in [7, 11) is 1.46. The third kappa shape index (κ3) is 1.79. The molecule has 1 unspecified atom stereocenters. The molecule has 2 amide bonds. The van der Waals surface area contributed by atoms with Crippen molar-refractivity contribution < 1.29 is 9.59 Å². The van der Waals surface area contributed by atoms with E-state index >= 15 is 0 Å². The molecular formula is C9H11N5O2. The maximum atomic E-state index is 11.6. The average Bonchev–Trinajstić information content (AvgIpc) is 2.47. The summed E-state index contributed by atoms with van der Waals surface area (Å²) in [5, 5.41) is 2.85. The molecule has 1 aromatic rings. The van der Waals surface area contributed by atoms with Crippen LogP contribution in [0.3, 0.4) is 0 Å². The van der Waals surface area contributed by atoms with Crippen LogP contribution in [-0.4, -0.2) is 39.8 Å². The SMILES string of the molecule is CN1C(=O)CC(Nc2ccnc(N)n2)C1=O. The first-order chi connectivity index (χ1) is 7.58. The first-order valence-electron chi connectivity index (χ1n) is 4.73. The molecule has 84 valence electrons. The van der Waals surface area contributed by atoms with Crippen LogP contribution in [0, 0.1) is 0 Å². The van der Waals surface area contributed by atoms with E-state index in [-0.39, 0.29) is 24.2 Å². The number of amides is 2. The number of nitrogen functional groups attached to an aromatic ring is 1. The molecule has 2 heterocycles. The second kappa shape index (κ2) is 3.76. The Morgan fingerprint density at radius 2 is 2.31 bits per heavy atom. The summed E-state index contributed by atoms with van der Waals surface area (Å²) in [6, 6.07) is 1.03. The van der Waals surface area contributed by atoms with Gasteiger partial charge in [-0.3, -0.25) is 14.5 Å². The quantitative estimate of drug-likeness (QED) is 0.636. The minimum atomic E-state index is -0.563. The Hall–Kier alpha value is -2.18. The summed E-state index contributed by atoms with van der Waals surface area (Å²) < 4.78 is 0. The number of hydrogen-bond donors (Lipinski definition) is 2. The van der Waals surface area contributed by atoms with Gasteiger partial charge < -0.3 is 11.1 Å². The number of hydrogen-bond acceptors (Lipinski definition) is 6. The predicted octanol–water partition coefficient (Wildman–Crippen LogP) is -0.772. The van der Waals surface area contributed by atoms with E-state index in [0.29, 0.717) is 5.82 Å². The third-order valence-electron chi connectivity index (χ3n) is 2.38. The lowest BCUT2D eigenvalue weighted by Crippen LogP contribution is -2.32. The third-order valence-corrected chi connectivity index (χ3v) is 2.38. The first kappa shape index (κ1) is 10.3. The summed E-state index contributed by atoms with van der Waals surface area (Å²) in [5.74, 6) is 0.0933. The highest BCUT2D eigenvalue weighted by molar-refractivity contribution is 6.06. The highest BCUT2D eigenvalue weighted by Gasteiger charge is 2.36. The van der Waals surface area contributed by atoms with Gasteiger partial charge in [-0.05, 0) is 6.07 Å². The van der Waals surface area contributed by atoms with Gasteiger partial charge in [-0.1, -0.05) is 0 Å². The van der Waals surface area contributed by atoms with Gasteiger partial charge in [0.05, 0.1) is 6.42 Å². The number of carbonyl (C=O) groups is 2. The highest BCUT2D eigenvalue weighted by atomic mass is 16.2. The van der Waals surface area contributed by atoms with Gasteiger partial charge in [0.2, 0.25) is 11.9 Å². The van der Waals surface area contributed by atoms with E-state index in [2.05, 4.69) is 15.3 Å². The molecule has 16 heavy (non-hydrogen) atoms. The molecule has 7 nitrogen and oxygen atoms in total. The fourth-order valence-corrected chi connectivity index (χ4v) is 1.50. The zero-order valence-corrected chi connectivity index (χ0v) is 8.67. The molecule has 7 heteroatoms. The van der Waals surface area contributed by atoms with Crippen LogP contribution in [0.4, 0.5) is 11.8 Å². The summed E-state index contributed by atoms with van der Waals surface area (Å²) in [6.07, 6.45) is 1.62. The second-order valence-corrected chi connectivity index (χ2v) is 3.49. The molecule has 0 aromatic carbocycles. The maximum absolute atomic E-state index is 11.6. The normalized spacial score (nSPS) is 20.3. The molecule has 1 aliphatic rings. The maximum Gasteiger partial charge on any atom is 0.251 e. The van der Waals surface area contributed by atoms with E-state index in [1.54, 1.807) is 6.07 Å². The average molecular weight is 221 g/mol. The molecule has 0 spiro atoms. The van der Waals surface area contributed by atoms with Crippen LogP contribution in [-0.2, 0) is 9.59 Å². The van der Waals surface area contributed by atoms with E-state index in [4.69, 9.17) is 5.73 Å². The first-order valence-corrected chi connectivity index (χ1v) is 4.73. The fourth-order valence-electron chi connectivity index (χ4n) is 1.50. The largest absolute Gasteiger partial charge is 0.368 e. The van der Waals surface area contributed by atoms with Crippen molar-refractivity contribution in [1.29, 1.82) is 0 Å². The van der Waals surface area contributed by atoms with E-state index in [9.17, 15) is 9.59 Å². The van der Waals surface area contributed by atoms with Crippen LogP contribution < -0.4 is 11.1 Å². The molecule has 0 radical (unpaired) electrons. The van der Waals surface area contributed by atoms with Crippen molar-refractivity contribution in [3.8, 4) is 0 Å². The monoisotopic (exact) mass is 221 g/mol. The number of carbonyl (C=O) groups excluding carboxylic acids is 2. The zero-order valence-electron chi connectivity index (χ0n) is 8.67. The Bertz CT molecular complexity index is 447. The van der Waals surface area contributed by atoms with Gasteiger partial charge in [0.25, 0.3) is 5.91 Å². The summed E-state index contributed by atoms with van der Waals surface area (Å²) >= 11 is 0. The van der Waals surface area contributed by atoms with Gasteiger partial charge in [0.1, 0.15) is 11.9 Å². The minimum absolute atomic E-state index is 0.120. The van der Waals surface area contributed by atoms with Gasteiger partial charge in [-0.15, -0.1) is 0 Å². The predicted molar refractivity (Wildman–Crippen MR) is 56.2 cm³/mol. The number of likely N-dealkylation sites (N-methyl/N-ethyl adjacent to an activating group) is 1. The highest BCUT2D eigenvalue weighted by Crippen LogP contribution is 2.15. The van der Waals surface area contributed by atoms with Crippen LogP contribution in [0.25, 0.3) is 0 Å². The number of nitrogens with zero attached hydrogens (tertiary/aromatic N) is 3. The Labute approximate surface area is 91.7 Å². The standard InChI is InChI=1S/C9H11N5O2/c1-14-7(15)4-5(8(14)16)12-6-2-3-11-9(10)13-6/h2-3,5H,4H2,1H3,(H3,10,11,12,13). The number of nitrogens with one attached hydrogen (secondary N) is 1. The zero-order chi connectivity index (χ0) is 11.7. The Morgan fingerprint density at radius 3 is 2.88 bits per heavy atom. The summed E-state index contributed by atoms with van der Waals surface area (Å²) in [4.78, 5) is 31.6. The lowest BCUT2D eigenvalue weighted by atomic mass is 10.2. The van der Waals surface area contributed by atoms with Crippen molar-refractivity contribution in [1.82, 2.24) is 14.9 Å². The molecule has 2 rings (SSSR count). The second-order valence-electron chi connectivity index (χ2n) is 3.49. The number of aromatic nitrogens is 2. The van der Waals surface area contributed by atoms with Gasteiger partial charge in [0.15, 0.2) is 0 Å². The minimum Gasteiger partial charge on any atom is -0.368 e.